The number of unbranched alkanes of at least 4 members (excludes halogenated alkanes) is 3. The van der Waals surface area contributed by atoms with Crippen LogP contribution in [0.1, 0.15) is 68.9 Å². The number of ketones is 1. The van der Waals surface area contributed by atoms with Crippen LogP contribution in [0.25, 0.3) is 0 Å². The minimum absolute atomic E-state index is 0.304. The first-order valence-electron chi connectivity index (χ1n) is 12.3. The fourth-order valence-corrected chi connectivity index (χ4v) is 4.53. The molecule has 0 amide bonds. The molecule has 1 saturated heterocycles. The highest BCUT2D eigenvalue weighted by Crippen LogP contribution is 2.37. The van der Waals surface area contributed by atoms with Crippen molar-refractivity contribution in [2.75, 3.05) is 19.6 Å². The third-order valence-corrected chi connectivity index (χ3v) is 6.17. The number of carbonyl (C=O) groups is 1. The van der Waals surface area contributed by atoms with Crippen LogP contribution in [0.3, 0.4) is 0 Å². The maximum absolute atomic E-state index is 11.0. The van der Waals surface area contributed by atoms with Gasteiger partial charge in [0.1, 0.15) is 5.78 Å². The molecule has 1 fully saturated rings. The van der Waals surface area contributed by atoms with Crippen molar-refractivity contribution >= 4 is 22.5 Å². The fourth-order valence-electron chi connectivity index (χ4n) is 4.53. The molecule has 2 N–H and O–H groups in total. The van der Waals surface area contributed by atoms with Gasteiger partial charge >= 0.3 is 10.4 Å². The Bertz CT molecular complexity index is 941. The van der Waals surface area contributed by atoms with Gasteiger partial charge in [-0.3, -0.25) is 14.1 Å². The quantitative estimate of drug-likeness (QED) is 0.183. The molecule has 1 aliphatic rings. The van der Waals surface area contributed by atoms with E-state index in [4.69, 9.17) is 17.5 Å². The summed E-state index contributed by atoms with van der Waals surface area (Å²) in [5.74, 6) is 1.44. The first-order chi connectivity index (χ1) is 16.7. The predicted octanol–water partition coefficient (Wildman–Crippen LogP) is 5.45. The van der Waals surface area contributed by atoms with Gasteiger partial charge < -0.3 is 9.69 Å². The summed E-state index contributed by atoms with van der Waals surface area (Å²) in [7, 11) is -4.67. The van der Waals surface area contributed by atoms with Gasteiger partial charge in [0.2, 0.25) is 0 Å². The monoisotopic (exact) mass is 502 g/mol. The lowest BCUT2D eigenvalue weighted by Gasteiger charge is -2.36. The molecule has 192 valence electrons. The van der Waals surface area contributed by atoms with Crippen molar-refractivity contribution in [3.8, 4) is 0 Å². The highest BCUT2D eigenvalue weighted by Gasteiger charge is 2.28. The molecular formula is C27H38N2O5S. The lowest BCUT2D eigenvalue weighted by molar-refractivity contribution is -0.117. The third kappa shape index (κ3) is 12.6. The van der Waals surface area contributed by atoms with Crippen LogP contribution < -0.4 is 0 Å². The Labute approximate surface area is 209 Å². The molecule has 2 aromatic rings. The van der Waals surface area contributed by atoms with E-state index in [0.717, 1.165) is 45.3 Å². The summed E-state index contributed by atoms with van der Waals surface area (Å²) < 4.78 is 31.6. The van der Waals surface area contributed by atoms with Crippen LogP contribution in [0.4, 0.5) is 0 Å². The molecular weight excluding hydrogens is 464 g/mol. The zero-order valence-corrected chi connectivity index (χ0v) is 21.3. The average Bonchev–Trinajstić information content (AvgIpc) is 2.82. The number of benzene rings is 2. The molecule has 0 atom stereocenters. The zero-order valence-electron chi connectivity index (χ0n) is 20.5. The Morgan fingerprint density at radius 1 is 0.943 bits per heavy atom. The van der Waals surface area contributed by atoms with E-state index >= 15 is 0 Å². The topological polar surface area (TPSA) is 107 Å². The summed E-state index contributed by atoms with van der Waals surface area (Å²) >= 11 is 0. The first kappa shape index (κ1) is 28.7. The second kappa shape index (κ2) is 15.4. The Morgan fingerprint density at radius 3 is 1.91 bits per heavy atom. The smallest absolute Gasteiger partial charge is 0.363 e. The number of aliphatic imine (C=N–C) groups is 1. The van der Waals surface area contributed by atoms with Crippen molar-refractivity contribution in [1.29, 1.82) is 0 Å². The molecule has 0 unspecified atom stereocenters. The van der Waals surface area contributed by atoms with Gasteiger partial charge in [-0.25, -0.2) is 0 Å². The first-order valence-corrected chi connectivity index (χ1v) is 13.7. The summed E-state index contributed by atoms with van der Waals surface area (Å²) in [6, 6.07) is 22.0. The van der Waals surface area contributed by atoms with Gasteiger partial charge in [0.05, 0.1) is 6.34 Å². The van der Waals surface area contributed by atoms with Crippen molar-refractivity contribution in [3.05, 3.63) is 71.8 Å². The number of hydrogen-bond donors (Lipinski definition) is 2. The SMILES string of the molecule is CC(=O)CCCCCCN=CN1CCC(C(c2ccccc2)c2ccccc2)CC1.O=S(=O)(O)O. The molecule has 0 radical (unpaired) electrons. The number of piperidine rings is 1. The van der Waals surface area contributed by atoms with Crippen LogP contribution in [0.2, 0.25) is 0 Å². The van der Waals surface area contributed by atoms with Crippen LogP contribution in [-0.4, -0.2) is 54.2 Å². The Hall–Kier alpha value is -2.55. The lowest BCUT2D eigenvalue weighted by atomic mass is 9.76. The number of hydrogen-bond acceptors (Lipinski definition) is 4. The van der Waals surface area contributed by atoms with Gasteiger partial charge in [-0.2, -0.15) is 8.42 Å². The fraction of sp³-hybridized carbons (Fsp3) is 0.481. The summed E-state index contributed by atoms with van der Waals surface area (Å²) in [4.78, 5) is 18.0. The van der Waals surface area contributed by atoms with Crippen molar-refractivity contribution in [1.82, 2.24) is 4.90 Å². The molecule has 0 aliphatic carbocycles. The molecule has 3 rings (SSSR count). The van der Waals surface area contributed by atoms with Crippen LogP contribution in [0.15, 0.2) is 65.7 Å². The molecule has 8 heteroatoms. The van der Waals surface area contributed by atoms with Gasteiger partial charge in [0.25, 0.3) is 0 Å². The van der Waals surface area contributed by atoms with Crippen LogP contribution in [-0.2, 0) is 15.2 Å². The molecule has 0 aromatic heterocycles. The van der Waals surface area contributed by atoms with E-state index in [1.807, 2.05) is 0 Å². The van der Waals surface area contributed by atoms with Gasteiger partial charge in [-0.15, -0.1) is 0 Å². The van der Waals surface area contributed by atoms with Crippen LogP contribution >= 0.6 is 0 Å². The summed E-state index contributed by atoms with van der Waals surface area (Å²) in [6.45, 7) is 4.75. The second-order valence-corrected chi connectivity index (χ2v) is 9.90. The van der Waals surface area contributed by atoms with E-state index in [1.54, 1.807) is 6.92 Å². The summed E-state index contributed by atoms with van der Waals surface area (Å²) in [5, 5.41) is 0. The standard InChI is InChI=1S/C27H36N2O.H2O4S/c1-23(30)12-6-2-3-11-19-28-22-29-20-17-26(18-21-29)27(24-13-7-4-8-14-24)25-15-9-5-10-16-25;1-5(2,3)4/h4-5,7-10,13-16,22,26-27H,2-3,6,11-12,17-21H2,1H3;(H2,1,2,3,4). The van der Waals surface area contributed by atoms with Crippen molar-refractivity contribution in [2.45, 2.75) is 57.8 Å². The maximum Gasteiger partial charge on any atom is 0.394 e. The number of rotatable bonds is 11. The second-order valence-electron chi connectivity index (χ2n) is 9.01. The normalized spacial score (nSPS) is 14.7. The zero-order chi connectivity index (χ0) is 25.5. The van der Waals surface area contributed by atoms with E-state index in [2.05, 4.69) is 76.9 Å². The third-order valence-electron chi connectivity index (χ3n) is 6.17. The van der Waals surface area contributed by atoms with Crippen LogP contribution in [0, 0.1) is 5.92 Å². The largest absolute Gasteiger partial charge is 0.394 e. The van der Waals surface area contributed by atoms with Gasteiger partial charge in [0, 0.05) is 32.0 Å². The van der Waals surface area contributed by atoms with E-state index in [0.29, 0.717) is 17.6 Å². The maximum atomic E-state index is 11.0. The van der Waals surface area contributed by atoms with E-state index in [9.17, 15) is 4.79 Å². The Morgan fingerprint density at radius 2 is 1.43 bits per heavy atom. The highest BCUT2D eigenvalue weighted by atomic mass is 32.3. The molecule has 1 heterocycles. The van der Waals surface area contributed by atoms with Crippen molar-refractivity contribution in [2.24, 2.45) is 10.9 Å². The van der Waals surface area contributed by atoms with E-state index < -0.39 is 10.4 Å². The van der Waals surface area contributed by atoms with Gasteiger partial charge in [0.15, 0.2) is 0 Å². The van der Waals surface area contributed by atoms with Crippen molar-refractivity contribution < 1.29 is 22.3 Å². The number of likely N-dealkylation sites (tertiary alicyclic amines) is 1. The summed E-state index contributed by atoms with van der Waals surface area (Å²) in [5.41, 5.74) is 2.86. The molecule has 1 aliphatic heterocycles. The molecule has 7 nitrogen and oxygen atoms in total. The van der Waals surface area contributed by atoms with E-state index in [1.165, 1.54) is 30.4 Å². The molecule has 0 bridgehead atoms. The lowest BCUT2D eigenvalue weighted by Crippen LogP contribution is -2.35. The average molecular weight is 503 g/mol. The van der Waals surface area contributed by atoms with Gasteiger partial charge in [-0.05, 0) is 49.7 Å². The Kier molecular flexibility index (Phi) is 12.7. The van der Waals surface area contributed by atoms with E-state index in [-0.39, 0.29) is 0 Å². The van der Waals surface area contributed by atoms with Crippen molar-refractivity contribution in [3.63, 3.8) is 0 Å². The molecule has 2 aromatic carbocycles. The Balaban J connectivity index is 0.000000784. The summed E-state index contributed by atoms with van der Waals surface area (Å²) in [6.07, 6.45) is 9.66. The highest BCUT2D eigenvalue weighted by molar-refractivity contribution is 7.79. The molecule has 35 heavy (non-hydrogen) atoms. The minimum atomic E-state index is -4.67. The van der Waals surface area contributed by atoms with Gasteiger partial charge in [-0.1, -0.05) is 73.5 Å². The predicted molar refractivity (Wildman–Crippen MR) is 140 cm³/mol. The number of Topliss-reactive ketones (excluding diaryl/α,β-unsaturated/α-hetero) is 1. The molecule has 0 spiro atoms. The van der Waals surface area contributed by atoms with Crippen LogP contribution in [0.5, 0.6) is 0 Å². The minimum Gasteiger partial charge on any atom is -0.363 e. The number of carbonyl (C=O) groups excluding carboxylic acids is 1. The molecule has 0 saturated carbocycles. The number of nitrogens with zero attached hydrogens (tertiary/aromatic N) is 2.